The van der Waals surface area contributed by atoms with Crippen LogP contribution >= 0.6 is 0 Å². The SMILES string of the molecule is CN[NH+]([O-])c1cccc2ccc(C)cc12. The molecule has 0 bridgehead atoms. The van der Waals surface area contributed by atoms with Crippen LogP contribution in [0.15, 0.2) is 36.4 Å². The van der Waals surface area contributed by atoms with Gasteiger partial charge >= 0.3 is 0 Å². The monoisotopic (exact) mass is 202 g/mol. The van der Waals surface area contributed by atoms with E-state index < -0.39 is 0 Å². The largest absolute Gasteiger partial charge is 0.608 e. The fourth-order valence-electron chi connectivity index (χ4n) is 1.72. The highest BCUT2D eigenvalue weighted by Gasteiger charge is 2.06. The molecule has 3 heteroatoms. The molecule has 0 aliphatic rings. The molecule has 2 aromatic carbocycles. The predicted molar refractivity (Wildman–Crippen MR) is 61.7 cm³/mol. The Kier molecular flexibility index (Phi) is 2.68. The lowest BCUT2D eigenvalue weighted by Crippen LogP contribution is -3.09. The molecule has 15 heavy (non-hydrogen) atoms. The summed E-state index contributed by atoms with van der Waals surface area (Å²) in [7, 11) is 1.65. The van der Waals surface area contributed by atoms with Crippen molar-refractivity contribution >= 4 is 16.5 Å². The van der Waals surface area contributed by atoms with E-state index in [-0.39, 0.29) is 5.17 Å². The van der Waals surface area contributed by atoms with Crippen LogP contribution in [0.3, 0.4) is 0 Å². The van der Waals surface area contributed by atoms with Crippen molar-refractivity contribution in [3.05, 3.63) is 47.2 Å². The van der Waals surface area contributed by atoms with E-state index in [1.165, 1.54) is 5.56 Å². The fourth-order valence-corrected chi connectivity index (χ4v) is 1.72. The van der Waals surface area contributed by atoms with Crippen molar-refractivity contribution in [1.29, 1.82) is 0 Å². The lowest BCUT2D eigenvalue weighted by molar-refractivity contribution is -0.824. The van der Waals surface area contributed by atoms with Crippen LogP contribution in [0.1, 0.15) is 5.56 Å². The molecule has 0 spiro atoms. The Hall–Kier alpha value is -1.42. The van der Waals surface area contributed by atoms with Crippen molar-refractivity contribution in [3.63, 3.8) is 0 Å². The van der Waals surface area contributed by atoms with Crippen molar-refractivity contribution < 1.29 is 5.17 Å². The molecule has 0 aliphatic carbocycles. The first-order chi connectivity index (χ1) is 7.22. The molecule has 1 unspecified atom stereocenters. The highest BCUT2D eigenvalue weighted by Crippen LogP contribution is 2.21. The molecule has 0 fully saturated rings. The molecule has 1 atom stereocenters. The zero-order valence-electron chi connectivity index (χ0n) is 8.87. The smallest absolute Gasteiger partial charge is 0.158 e. The van der Waals surface area contributed by atoms with Crippen LogP contribution in [0.5, 0.6) is 0 Å². The number of fused-ring (bicyclic) bond motifs is 1. The molecule has 0 amide bonds. The van der Waals surface area contributed by atoms with E-state index in [0.717, 1.165) is 16.5 Å². The minimum absolute atomic E-state index is 0.0359. The van der Waals surface area contributed by atoms with E-state index >= 15 is 0 Å². The summed E-state index contributed by atoms with van der Waals surface area (Å²) < 4.78 is 0. The Bertz CT molecular complexity index is 482. The topological polar surface area (TPSA) is 39.5 Å². The number of quaternary nitrogens is 1. The van der Waals surface area contributed by atoms with Crippen LogP contribution in [0.4, 0.5) is 5.69 Å². The zero-order valence-corrected chi connectivity index (χ0v) is 8.87. The van der Waals surface area contributed by atoms with E-state index in [2.05, 4.69) is 11.5 Å². The quantitative estimate of drug-likeness (QED) is 0.720. The fraction of sp³-hybridized carbons (Fsp3) is 0.167. The van der Waals surface area contributed by atoms with Gasteiger partial charge in [-0.2, -0.15) is 5.43 Å². The predicted octanol–water partition coefficient (Wildman–Crippen LogP) is 1.30. The highest BCUT2D eigenvalue weighted by atomic mass is 16.5. The number of aryl methyl sites for hydroxylation is 1. The van der Waals surface area contributed by atoms with Gasteiger partial charge < -0.3 is 5.21 Å². The Labute approximate surface area is 88.9 Å². The van der Waals surface area contributed by atoms with E-state index in [9.17, 15) is 5.21 Å². The molecule has 0 aromatic heterocycles. The Balaban J connectivity index is 2.68. The van der Waals surface area contributed by atoms with Crippen LogP contribution in [0, 0.1) is 12.1 Å². The van der Waals surface area contributed by atoms with Crippen LogP contribution < -0.4 is 10.6 Å². The summed E-state index contributed by atoms with van der Waals surface area (Å²) in [5.74, 6) is 0. The summed E-state index contributed by atoms with van der Waals surface area (Å²) in [5.41, 5.74) is 4.55. The lowest BCUT2D eigenvalue weighted by atomic mass is 10.1. The minimum Gasteiger partial charge on any atom is -0.608 e. The van der Waals surface area contributed by atoms with Gasteiger partial charge in [0.05, 0.1) is 0 Å². The van der Waals surface area contributed by atoms with Gasteiger partial charge in [0.15, 0.2) is 5.69 Å². The van der Waals surface area contributed by atoms with Gasteiger partial charge in [-0.3, -0.25) is 5.17 Å². The van der Waals surface area contributed by atoms with Gasteiger partial charge in [0.1, 0.15) is 0 Å². The molecule has 2 aromatic rings. The summed E-state index contributed by atoms with van der Waals surface area (Å²) in [6, 6.07) is 11.9. The average Bonchev–Trinajstić information content (AvgIpc) is 2.27. The van der Waals surface area contributed by atoms with Crippen LogP contribution in [-0.4, -0.2) is 7.05 Å². The van der Waals surface area contributed by atoms with Gasteiger partial charge in [-0.25, -0.2) is 0 Å². The molecule has 2 N–H and O–H groups in total. The first kappa shape index (κ1) is 10.1. The number of hydrogen-bond donors (Lipinski definition) is 2. The molecule has 3 nitrogen and oxygen atoms in total. The summed E-state index contributed by atoms with van der Waals surface area (Å²) in [5, 5.41) is 13.7. The van der Waals surface area contributed by atoms with Crippen molar-refractivity contribution in [2.24, 2.45) is 0 Å². The Morgan fingerprint density at radius 1 is 1.20 bits per heavy atom. The third-order valence-electron chi connectivity index (χ3n) is 2.51. The third kappa shape index (κ3) is 1.85. The normalized spacial score (nSPS) is 13.0. The molecular formula is C12H14N2O. The molecule has 0 heterocycles. The van der Waals surface area contributed by atoms with Gasteiger partial charge in [-0.05, 0) is 18.4 Å². The maximum atomic E-state index is 11.6. The summed E-state index contributed by atoms with van der Waals surface area (Å²) in [6.45, 7) is 2.03. The Morgan fingerprint density at radius 3 is 2.73 bits per heavy atom. The van der Waals surface area contributed by atoms with Gasteiger partial charge in [-0.1, -0.05) is 29.8 Å². The van der Waals surface area contributed by atoms with Crippen molar-refractivity contribution in [2.75, 3.05) is 7.05 Å². The van der Waals surface area contributed by atoms with Gasteiger partial charge in [0, 0.05) is 18.5 Å². The van der Waals surface area contributed by atoms with E-state index in [1.807, 2.05) is 37.3 Å². The second-order valence-electron chi connectivity index (χ2n) is 3.61. The van der Waals surface area contributed by atoms with Gasteiger partial charge in [-0.15, -0.1) is 0 Å². The number of nitrogens with one attached hydrogen (secondary N) is 2. The van der Waals surface area contributed by atoms with E-state index in [4.69, 9.17) is 0 Å². The molecule has 78 valence electrons. The zero-order chi connectivity index (χ0) is 10.8. The first-order valence-electron chi connectivity index (χ1n) is 4.94. The minimum atomic E-state index is -0.0359. The first-order valence-corrected chi connectivity index (χ1v) is 4.94. The van der Waals surface area contributed by atoms with E-state index in [0.29, 0.717) is 0 Å². The maximum absolute atomic E-state index is 11.6. The summed E-state index contributed by atoms with van der Waals surface area (Å²) >= 11 is 0. The number of benzene rings is 2. The third-order valence-corrected chi connectivity index (χ3v) is 2.51. The average molecular weight is 202 g/mol. The van der Waals surface area contributed by atoms with Crippen LogP contribution in [-0.2, 0) is 0 Å². The molecular weight excluding hydrogens is 188 g/mol. The molecule has 0 saturated carbocycles. The second-order valence-corrected chi connectivity index (χ2v) is 3.61. The van der Waals surface area contributed by atoms with Crippen LogP contribution in [0.2, 0.25) is 0 Å². The lowest BCUT2D eigenvalue weighted by Gasteiger charge is -2.20. The number of hydrogen-bond acceptors (Lipinski definition) is 2. The molecule has 0 saturated heterocycles. The van der Waals surface area contributed by atoms with E-state index in [1.54, 1.807) is 7.05 Å². The van der Waals surface area contributed by atoms with Crippen LogP contribution in [0.25, 0.3) is 10.8 Å². The van der Waals surface area contributed by atoms with Gasteiger partial charge in [0.25, 0.3) is 0 Å². The highest BCUT2D eigenvalue weighted by molar-refractivity contribution is 5.91. The Morgan fingerprint density at radius 2 is 2.00 bits per heavy atom. The number of rotatable bonds is 2. The molecule has 0 aliphatic heterocycles. The summed E-state index contributed by atoms with van der Waals surface area (Å²) in [6.07, 6.45) is 0. The molecule has 0 radical (unpaired) electrons. The molecule has 2 rings (SSSR count). The van der Waals surface area contributed by atoms with Gasteiger partial charge in [0.2, 0.25) is 0 Å². The summed E-state index contributed by atoms with van der Waals surface area (Å²) in [4.78, 5) is 0. The second kappa shape index (κ2) is 3.98. The van der Waals surface area contributed by atoms with Crippen molar-refractivity contribution in [1.82, 2.24) is 5.43 Å². The maximum Gasteiger partial charge on any atom is 0.158 e. The van der Waals surface area contributed by atoms with Crippen molar-refractivity contribution in [3.8, 4) is 0 Å². The van der Waals surface area contributed by atoms with Crippen molar-refractivity contribution in [2.45, 2.75) is 6.92 Å². The standard InChI is InChI=1S/C12H14N2O/c1-9-6-7-10-4-3-5-12(11(10)8-9)14(15)13-2/h3-8,13-14H,1-2H3.